The van der Waals surface area contributed by atoms with E-state index in [1.807, 2.05) is 0 Å². The van der Waals surface area contributed by atoms with E-state index in [0.717, 1.165) is 12.3 Å². The number of nitrogens with zero attached hydrogens (tertiary/aromatic N) is 1. The minimum Gasteiger partial charge on any atom is -0.603 e. The summed E-state index contributed by atoms with van der Waals surface area (Å²) in [5.41, 5.74) is -4.74. The average molecular weight is 194 g/mol. The summed E-state index contributed by atoms with van der Waals surface area (Å²) in [5.74, 6) is 0. The Hall–Kier alpha value is -0.750. The maximum Gasteiger partial charge on any atom is 0.579 e. The van der Waals surface area contributed by atoms with Crippen LogP contribution in [0.4, 0.5) is 13.2 Å². The van der Waals surface area contributed by atoms with Gasteiger partial charge in [-0.3, -0.25) is 0 Å². The molecule has 0 aliphatic rings. The van der Waals surface area contributed by atoms with Crippen molar-refractivity contribution in [3.05, 3.63) is 24.4 Å². The molecule has 2 nitrogen and oxygen atoms in total. The van der Waals surface area contributed by atoms with E-state index < -0.39 is 21.7 Å². The second-order valence-electron chi connectivity index (χ2n) is 1.81. The summed E-state index contributed by atoms with van der Waals surface area (Å²) in [4.78, 5) is 3.27. The van der Waals surface area contributed by atoms with Crippen LogP contribution in [-0.4, -0.2) is 15.0 Å². The monoisotopic (exact) mass is 194 g/mol. The first kappa shape index (κ1) is 9.34. The third kappa shape index (κ3) is 2.12. The lowest BCUT2D eigenvalue weighted by Crippen LogP contribution is -2.24. The lowest BCUT2D eigenvalue weighted by molar-refractivity contribution is -0.0437. The second-order valence-corrected chi connectivity index (χ2v) is 3.23. The first-order chi connectivity index (χ1) is 5.52. The normalized spacial score (nSPS) is 14.3. The predicted molar refractivity (Wildman–Crippen MR) is 35.5 cm³/mol. The van der Waals surface area contributed by atoms with Crippen molar-refractivity contribution in [1.29, 1.82) is 0 Å². The molecule has 0 aromatic carbocycles. The van der Waals surface area contributed by atoms with Crippen LogP contribution in [0.15, 0.2) is 23.4 Å². The standard InChI is InChI=1S/C6H3F3NOS/c7-6(8,9)12(11)5-3-1-2-4-10-5/h1,3-4H. The lowest BCUT2D eigenvalue weighted by atomic mass is 10.5. The quantitative estimate of drug-likeness (QED) is 0.635. The summed E-state index contributed by atoms with van der Waals surface area (Å²) in [6.45, 7) is 0. The first-order valence-electron chi connectivity index (χ1n) is 2.82. The summed E-state index contributed by atoms with van der Waals surface area (Å²) in [7, 11) is 0. The Bertz CT molecular complexity index is 251. The van der Waals surface area contributed by atoms with Crippen LogP contribution in [0.3, 0.4) is 0 Å². The molecule has 0 fully saturated rings. The van der Waals surface area contributed by atoms with Gasteiger partial charge < -0.3 is 4.55 Å². The molecule has 1 radical (unpaired) electrons. The zero-order chi connectivity index (χ0) is 9.19. The fourth-order valence-electron chi connectivity index (χ4n) is 0.535. The van der Waals surface area contributed by atoms with E-state index in [-0.39, 0.29) is 0 Å². The van der Waals surface area contributed by atoms with Gasteiger partial charge in [0.25, 0.3) is 5.03 Å². The fourth-order valence-corrected chi connectivity index (χ4v) is 1.11. The topological polar surface area (TPSA) is 36.0 Å². The molecule has 0 aliphatic carbocycles. The SMILES string of the molecule is [O-][S+](c1cc[c]cn1)C(F)(F)F. The molecule has 0 saturated heterocycles. The van der Waals surface area contributed by atoms with Crippen LogP contribution in [0, 0.1) is 6.07 Å². The van der Waals surface area contributed by atoms with Crippen molar-refractivity contribution in [3.8, 4) is 0 Å². The van der Waals surface area contributed by atoms with E-state index in [0.29, 0.717) is 0 Å². The maximum absolute atomic E-state index is 11.8. The summed E-state index contributed by atoms with van der Waals surface area (Å²) in [5, 5.41) is -0.499. The fraction of sp³-hybridized carbons (Fsp3) is 0.167. The summed E-state index contributed by atoms with van der Waals surface area (Å²) in [6.07, 6.45) is 1.04. The van der Waals surface area contributed by atoms with Crippen LogP contribution in [0.25, 0.3) is 0 Å². The van der Waals surface area contributed by atoms with Crippen LogP contribution < -0.4 is 0 Å². The van der Waals surface area contributed by atoms with Crippen molar-refractivity contribution in [2.24, 2.45) is 0 Å². The molecule has 0 N–H and O–H groups in total. The molecule has 0 saturated carbocycles. The Labute approximate surface area is 69.6 Å². The van der Waals surface area contributed by atoms with E-state index in [4.69, 9.17) is 0 Å². The molecule has 1 atom stereocenters. The van der Waals surface area contributed by atoms with Crippen molar-refractivity contribution in [2.45, 2.75) is 10.5 Å². The highest BCUT2D eigenvalue weighted by Crippen LogP contribution is 2.28. The maximum atomic E-state index is 11.8. The number of rotatable bonds is 1. The highest BCUT2D eigenvalue weighted by atomic mass is 32.2. The number of alkyl halides is 3. The smallest absolute Gasteiger partial charge is 0.579 e. The Morgan fingerprint density at radius 3 is 2.58 bits per heavy atom. The van der Waals surface area contributed by atoms with Gasteiger partial charge in [-0.1, -0.05) is 0 Å². The van der Waals surface area contributed by atoms with E-state index in [1.165, 1.54) is 6.07 Å². The minimum atomic E-state index is -4.74. The van der Waals surface area contributed by atoms with E-state index in [2.05, 4.69) is 11.1 Å². The minimum absolute atomic E-state index is 0.499. The van der Waals surface area contributed by atoms with Crippen LogP contribution in [0.1, 0.15) is 0 Å². The number of hydrogen-bond donors (Lipinski definition) is 0. The zero-order valence-corrected chi connectivity index (χ0v) is 6.45. The molecule has 1 aromatic heterocycles. The van der Waals surface area contributed by atoms with Gasteiger partial charge in [-0.2, -0.15) is 0 Å². The Morgan fingerprint density at radius 1 is 1.50 bits per heavy atom. The molecule has 1 aromatic rings. The van der Waals surface area contributed by atoms with Crippen molar-refractivity contribution in [2.75, 3.05) is 0 Å². The number of halogens is 3. The van der Waals surface area contributed by atoms with Gasteiger partial charge in [-0.25, -0.2) is 4.98 Å². The molecule has 1 unspecified atom stereocenters. The summed E-state index contributed by atoms with van der Waals surface area (Å²) < 4.78 is 45.9. The molecule has 0 amide bonds. The second kappa shape index (κ2) is 3.32. The van der Waals surface area contributed by atoms with Gasteiger partial charge in [0.15, 0.2) is 0 Å². The molecule has 0 spiro atoms. The lowest BCUT2D eigenvalue weighted by Gasteiger charge is -2.09. The number of aromatic nitrogens is 1. The van der Waals surface area contributed by atoms with E-state index in [9.17, 15) is 17.7 Å². The van der Waals surface area contributed by atoms with Crippen LogP contribution in [0.5, 0.6) is 0 Å². The Morgan fingerprint density at radius 2 is 2.17 bits per heavy atom. The third-order valence-corrected chi connectivity index (χ3v) is 2.03. The van der Waals surface area contributed by atoms with Gasteiger partial charge in [0.1, 0.15) is 11.2 Å². The largest absolute Gasteiger partial charge is 0.603 e. The predicted octanol–water partition coefficient (Wildman–Crippen LogP) is 1.51. The van der Waals surface area contributed by atoms with Gasteiger partial charge in [-0.05, 0) is 6.07 Å². The van der Waals surface area contributed by atoms with E-state index >= 15 is 0 Å². The molecule has 0 bridgehead atoms. The van der Waals surface area contributed by atoms with Gasteiger partial charge in [0, 0.05) is 18.3 Å². The average Bonchev–Trinajstić information content (AvgIpc) is 2.03. The number of hydrogen-bond acceptors (Lipinski definition) is 2. The Kier molecular flexibility index (Phi) is 2.58. The van der Waals surface area contributed by atoms with Crippen LogP contribution in [0.2, 0.25) is 0 Å². The molecule has 6 heteroatoms. The van der Waals surface area contributed by atoms with Crippen molar-refractivity contribution >= 4 is 11.2 Å². The Balaban J connectivity index is 2.86. The highest BCUT2D eigenvalue weighted by Gasteiger charge is 2.46. The molecule has 65 valence electrons. The van der Waals surface area contributed by atoms with Crippen molar-refractivity contribution in [3.63, 3.8) is 0 Å². The van der Waals surface area contributed by atoms with Gasteiger partial charge >= 0.3 is 5.51 Å². The van der Waals surface area contributed by atoms with Crippen LogP contribution in [-0.2, 0) is 11.2 Å². The van der Waals surface area contributed by atoms with Gasteiger partial charge in [0.05, 0.1) is 0 Å². The van der Waals surface area contributed by atoms with E-state index in [1.54, 1.807) is 0 Å². The highest BCUT2D eigenvalue weighted by molar-refractivity contribution is 7.92. The molecule has 1 rings (SSSR count). The first-order valence-corrected chi connectivity index (χ1v) is 3.97. The third-order valence-electron chi connectivity index (χ3n) is 0.989. The molecular weight excluding hydrogens is 191 g/mol. The molecule has 12 heavy (non-hydrogen) atoms. The zero-order valence-electron chi connectivity index (χ0n) is 5.63. The molecule has 1 heterocycles. The van der Waals surface area contributed by atoms with Gasteiger partial charge in [0.2, 0.25) is 0 Å². The summed E-state index contributed by atoms with van der Waals surface area (Å²) >= 11 is -3.03. The van der Waals surface area contributed by atoms with Gasteiger partial charge in [-0.15, -0.1) is 13.2 Å². The number of pyridine rings is 1. The molecular formula is C6H3F3NOS. The van der Waals surface area contributed by atoms with Crippen LogP contribution >= 0.6 is 0 Å². The molecule has 0 aliphatic heterocycles. The summed E-state index contributed by atoms with van der Waals surface area (Å²) in [6, 6.07) is 4.67. The van der Waals surface area contributed by atoms with Crippen molar-refractivity contribution < 1.29 is 17.7 Å². The van der Waals surface area contributed by atoms with Crippen molar-refractivity contribution in [1.82, 2.24) is 4.98 Å².